The summed E-state index contributed by atoms with van der Waals surface area (Å²) in [6.45, 7) is 5.89. The minimum absolute atomic E-state index is 0.769. The highest BCUT2D eigenvalue weighted by Gasteiger charge is 2.14. The van der Waals surface area contributed by atoms with Crippen LogP contribution in [0.15, 0.2) is 24.3 Å². The lowest BCUT2D eigenvalue weighted by Crippen LogP contribution is -2.02. The van der Waals surface area contributed by atoms with Crippen molar-refractivity contribution in [3.05, 3.63) is 35.4 Å². The first kappa shape index (κ1) is 19.6. The molecule has 0 unspecified atom stereocenters. The van der Waals surface area contributed by atoms with Gasteiger partial charge in [0, 0.05) is 21.8 Å². The molecule has 0 heterocycles. The molecule has 2 nitrogen and oxygen atoms in total. The second kappa shape index (κ2) is 10.3. The Labute approximate surface area is 162 Å². The summed E-state index contributed by atoms with van der Waals surface area (Å²) < 4.78 is 12.0. The van der Waals surface area contributed by atoms with Crippen LogP contribution in [0.5, 0.6) is 11.5 Å². The molecule has 0 aliphatic rings. The topological polar surface area (TPSA) is 18.5 Å². The van der Waals surface area contributed by atoms with Gasteiger partial charge in [-0.3, -0.25) is 0 Å². The average molecular weight is 458 g/mol. The SMILES string of the molecule is CCCCOc1ccc2c(CBr)c(OCCCC)ccc2c1CBr. The largest absolute Gasteiger partial charge is 0.493 e. The lowest BCUT2D eigenvalue weighted by Gasteiger charge is -2.17. The Hall–Kier alpha value is -0.740. The van der Waals surface area contributed by atoms with E-state index in [2.05, 4.69) is 70.0 Å². The molecule has 0 aliphatic carbocycles. The Kier molecular flexibility index (Phi) is 8.40. The van der Waals surface area contributed by atoms with Gasteiger partial charge in [-0.05, 0) is 35.7 Å². The van der Waals surface area contributed by atoms with Crippen LogP contribution in [0.1, 0.15) is 50.7 Å². The van der Waals surface area contributed by atoms with Gasteiger partial charge in [-0.25, -0.2) is 0 Å². The molecule has 2 rings (SSSR count). The van der Waals surface area contributed by atoms with Gasteiger partial charge in [0.25, 0.3) is 0 Å². The molecule has 4 heteroatoms. The van der Waals surface area contributed by atoms with Crippen molar-refractivity contribution in [1.82, 2.24) is 0 Å². The van der Waals surface area contributed by atoms with E-state index in [4.69, 9.17) is 9.47 Å². The van der Waals surface area contributed by atoms with Crippen LogP contribution in [0.2, 0.25) is 0 Å². The number of fused-ring (bicyclic) bond motifs is 1. The fraction of sp³-hybridized carbons (Fsp3) is 0.500. The first-order valence-electron chi connectivity index (χ1n) is 8.71. The summed E-state index contributed by atoms with van der Waals surface area (Å²) in [6, 6.07) is 8.51. The van der Waals surface area contributed by atoms with E-state index in [0.717, 1.165) is 61.1 Å². The van der Waals surface area contributed by atoms with Crippen LogP contribution < -0.4 is 9.47 Å². The first-order chi connectivity index (χ1) is 11.8. The maximum absolute atomic E-state index is 5.99. The molecule has 0 spiro atoms. The third kappa shape index (κ3) is 4.66. The van der Waals surface area contributed by atoms with Crippen LogP contribution >= 0.6 is 31.9 Å². The summed E-state index contributed by atoms with van der Waals surface area (Å²) in [7, 11) is 0. The zero-order chi connectivity index (χ0) is 17.4. The van der Waals surface area contributed by atoms with E-state index >= 15 is 0 Å². The van der Waals surface area contributed by atoms with Crippen LogP contribution in [-0.2, 0) is 10.7 Å². The van der Waals surface area contributed by atoms with Gasteiger partial charge in [0.05, 0.1) is 13.2 Å². The quantitative estimate of drug-likeness (QED) is 0.282. The van der Waals surface area contributed by atoms with Gasteiger partial charge >= 0.3 is 0 Å². The lowest BCUT2D eigenvalue weighted by molar-refractivity contribution is 0.306. The molecular weight excluding hydrogens is 432 g/mol. The Balaban J connectivity index is 2.39. The van der Waals surface area contributed by atoms with E-state index in [0.29, 0.717) is 0 Å². The third-order valence-corrected chi connectivity index (χ3v) is 5.24. The number of benzene rings is 2. The second-order valence-corrected chi connectivity index (χ2v) is 6.97. The molecule has 0 N–H and O–H groups in total. The Bertz CT molecular complexity index is 598. The minimum atomic E-state index is 0.769. The summed E-state index contributed by atoms with van der Waals surface area (Å²) in [5, 5.41) is 4.03. The molecule has 0 radical (unpaired) electrons. The molecule has 0 aromatic heterocycles. The van der Waals surface area contributed by atoms with E-state index in [-0.39, 0.29) is 0 Å². The number of halogens is 2. The maximum atomic E-state index is 5.99. The molecule has 2 aromatic rings. The summed E-state index contributed by atoms with van der Waals surface area (Å²) in [5.41, 5.74) is 2.43. The van der Waals surface area contributed by atoms with E-state index in [1.54, 1.807) is 0 Å². The number of unbranched alkanes of at least 4 members (excludes halogenated alkanes) is 2. The number of hydrogen-bond donors (Lipinski definition) is 0. The summed E-state index contributed by atoms with van der Waals surface area (Å²) in [6.07, 6.45) is 4.44. The molecule has 0 amide bonds. The molecular formula is C20H26Br2O2. The number of ether oxygens (including phenoxy) is 2. The van der Waals surface area contributed by atoms with Crippen LogP contribution in [-0.4, -0.2) is 13.2 Å². The zero-order valence-electron chi connectivity index (χ0n) is 14.5. The normalized spacial score (nSPS) is 11.0. The average Bonchev–Trinajstić information content (AvgIpc) is 2.61. The van der Waals surface area contributed by atoms with Crippen molar-refractivity contribution in [2.75, 3.05) is 13.2 Å². The van der Waals surface area contributed by atoms with E-state index in [9.17, 15) is 0 Å². The first-order valence-corrected chi connectivity index (χ1v) is 11.0. The highest BCUT2D eigenvalue weighted by molar-refractivity contribution is 9.08. The van der Waals surface area contributed by atoms with Crippen molar-refractivity contribution in [2.24, 2.45) is 0 Å². The van der Waals surface area contributed by atoms with E-state index < -0.39 is 0 Å². The van der Waals surface area contributed by atoms with Gasteiger partial charge in [0.15, 0.2) is 0 Å². The molecule has 0 fully saturated rings. The van der Waals surface area contributed by atoms with Gasteiger partial charge < -0.3 is 9.47 Å². The molecule has 132 valence electrons. The molecule has 0 aliphatic heterocycles. The molecule has 0 saturated carbocycles. The monoisotopic (exact) mass is 456 g/mol. The van der Waals surface area contributed by atoms with Crippen LogP contribution in [0.3, 0.4) is 0 Å². The maximum Gasteiger partial charge on any atom is 0.123 e. The summed E-state index contributed by atoms with van der Waals surface area (Å²) in [4.78, 5) is 0. The molecule has 0 bridgehead atoms. The minimum Gasteiger partial charge on any atom is -0.493 e. The van der Waals surface area contributed by atoms with Crippen molar-refractivity contribution in [3.8, 4) is 11.5 Å². The smallest absolute Gasteiger partial charge is 0.123 e. The van der Waals surface area contributed by atoms with Crippen molar-refractivity contribution < 1.29 is 9.47 Å². The van der Waals surface area contributed by atoms with Gasteiger partial charge in [0.2, 0.25) is 0 Å². The highest BCUT2D eigenvalue weighted by Crippen LogP contribution is 2.36. The lowest BCUT2D eigenvalue weighted by atomic mass is 10.00. The van der Waals surface area contributed by atoms with Crippen LogP contribution in [0.4, 0.5) is 0 Å². The van der Waals surface area contributed by atoms with Gasteiger partial charge in [-0.2, -0.15) is 0 Å². The van der Waals surface area contributed by atoms with Crippen molar-refractivity contribution >= 4 is 42.6 Å². The van der Waals surface area contributed by atoms with E-state index in [1.165, 1.54) is 21.9 Å². The van der Waals surface area contributed by atoms with Crippen LogP contribution in [0, 0.1) is 0 Å². The second-order valence-electron chi connectivity index (χ2n) is 5.85. The van der Waals surface area contributed by atoms with Crippen LogP contribution in [0.25, 0.3) is 10.8 Å². The Morgan fingerprint density at radius 3 is 1.46 bits per heavy atom. The molecule has 24 heavy (non-hydrogen) atoms. The fourth-order valence-electron chi connectivity index (χ4n) is 2.69. The summed E-state index contributed by atoms with van der Waals surface area (Å²) in [5.74, 6) is 1.96. The summed E-state index contributed by atoms with van der Waals surface area (Å²) >= 11 is 7.26. The van der Waals surface area contributed by atoms with Gasteiger partial charge in [-0.15, -0.1) is 0 Å². The number of rotatable bonds is 10. The molecule has 0 atom stereocenters. The van der Waals surface area contributed by atoms with Crippen molar-refractivity contribution in [2.45, 2.75) is 50.2 Å². The highest BCUT2D eigenvalue weighted by atomic mass is 79.9. The van der Waals surface area contributed by atoms with Crippen molar-refractivity contribution in [1.29, 1.82) is 0 Å². The van der Waals surface area contributed by atoms with E-state index in [1.807, 2.05) is 0 Å². The fourth-order valence-corrected chi connectivity index (χ4v) is 3.85. The van der Waals surface area contributed by atoms with Crippen molar-refractivity contribution in [3.63, 3.8) is 0 Å². The van der Waals surface area contributed by atoms with Gasteiger partial charge in [-0.1, -0.05) is 70.7 Å². The van der Waals surface area contributed by atoms with Gasteiger partial charge in [0.1, 0.15) is 11.5 Å². The predicted molar refractivity (Wildman–Crippen MR) is 110 cm³/mol. The molecule has 0 saturated heterocycles. The standard InChI is InChI=1S/C20H26Br2O2/c1-3-5-11-23-19-9-7-16-15(17(19)13-21)8-10-20(18(16)14-22)24-12-6-4-2/h7-10H,3-6,11-14H2,1-2H3. The molecule has 2 aromatic carbocycles. The Morgan fingerprint density at radius 2 is 1.12 bits per heavy atom. The number of alkyl halides is 2. The Morgan fingerprint density at radius 1 is 0.708 bits per heavy atom. The zero-order valence-corrected chi connectivity index (χ0v) is 17.7. The number of hydrogen-bond acceptors (Lipinski definition) is 2. The third-order valence-electron chi connectivity index (χ3n) is 4.12. The predicted octanol–water partition coefficient (Wildman–Crippen LogP) is 6.99.